The molecule has 0 aromatic heterocycles. The highest BCUT2D eigenvalue weighted by Crippen LogP contribution is 2.57. The van der Waals surface area contributed by atoms with Crippen LogP contribution in [-0.2, 0) is 38.0 Å². The van der Waals surface area contributed by atoms with E-state index in [2.05, 4.69) is 14.2 Å². The first kappa shape index (κ1) is 46.0. The number of nitrogens with zero attached hydrogens (tertiary/aromatic N) is 1. The van der Waals surface area contributed by atoms with Crippen LogP contribution in [0, 0.1) is 0 Å². The smallest absolute Gasteiger partial charge is 0.481 e. The Morgan fingerprint density at radius 2 is 1.12 bits per heavy atom. The highest BCUT2D eigenvalue weighted by atomic mass is 31.3. The Kier molecular flexibility index (Phi) is 23.6. The van der Waals surface area contributed by atoms with E-state index in [0.29, 0.717) is 16.6 Å². The number of likely N-dealkylation sites (N-methyl/N-ethyl adjacent to an activating group) is 1. The highest BCUT2D eigenvalue weighted by molar-refractivity contribution is 7.60. The van der Waals surface area contributed by atoms with Gasteiger partial charge in [-0.3, -0.25) is 13.9 Å². The van der Waals surface area contributed by atoms with Gasteiger partial charge >= 0.3 is 15.6 Å². The van der Waals surface area contributed by atoms with E-state index in [4.69, 9.17) is 18.8 Å². The van der Waals surface area contributed by atoms with Gasteiger partial charge in [0.25, 0.3) is 13.7 Å². The topological polar surface area (TPSA) is 201 Å². The van der Waals surface area contributed by atoms with Crippen molar-refractivity contribution in [2.45, 2.75) is 109 Å². The lowest BCUT2D eigenvalue weighted by molar-refractivity contribution is -0.870. The molecule has 49 heavy (non-hydrogen) atoms. The lowest BCUT2D eigenvalue weighted by Crippen LogP contribution is -2.37. The Bertz CT molecular complexity index is 1170. The second-order valence-electron chi connectivity index (χ2n) is 13.4. The molecule has 0 radical (unpaired) electrons. The van der Waals surface area contributed by atoms with Crippen molar-refractivity contribution in [3.8, 4) is 0 Å². The summed E-state index contributed by atoms with van der Waals surface area (Å²) in [5, 5.41) is 2.50. The third-order valence-electron chi connectivity index (χ3n) is 7.69. The molecule has 0 bridgehead atoms. The second kappa shape index (κ2) is 25.1. The summed E-state index contributed by atoms with van der Waals surface area (Å²) in [6.07, 6.45) is 19.9. The Morgan fingerprint density at radius 1 is 0.673 bits per heavy atom. The van der Waals surface area contributed by atoms with Gasteiger partial charge in [0.2, 0.25) is 0 Å². The molecule has 286 valence electrons. The maximum Gasteiger partial charge on any atom is 0.481 e. The van der Waals surface area contributed by atoms with Crippen molar-refractivity contribution in [2.75, 3.05) is 54.1 Å². The maximum atomic E-state index is 12.2. The standard InChI is InChI=1S/C32H61N2O12P3/c1-34(2,3)26-29-45-48(39,40)43-27-19-17-15-13-11-9-7-5-4-6-8-10-12-14-16-18-20-30-21-23-31(24-22-30)32(35)33-25-28-44-49(41,42)46-47(36,37)38/h21-24H,4-20,25-29H2,1-3H3,(H4-,33,35,36,37,38,39,40,41,42). The first-order valence-electron chi connectivity index (χ1n) is 17.5. The van der Waals surface area contributed by atoms with Crippen LogP contribution in [0.25, 0.3) is 0 Å². The summed E-state index contributed by atoms with van der Waals surface area (Å²) >= 11 is 0. The lowest BCUT2D eigenvalue weighted by Gasteiger charge is -2.27. The largest absolute Gasteiger partial charge is 0.756 e. The molecule has 2 unspecified atom stereocenters. The first-order chi connectivity index (χ1) is 23.0. The van der Waals surface area contributed by atoms with E-state index in [-0.39, 0.29) is 19.8 Å². The van der Waals surface area contributed by atoms with Crippen LogP contribution in [0.3, 0.4) is 0 Å². The van der Waals surface area contributed by atoms with Gasteiger partial charge in [0.1, 0.15) is 13.2 Å². The molecule has 1 amide bonds. The van der Waals surface area contributed by atoms with Crippen molar-refractivity contribution >= 4 is 29.4 Å². The molecule has 0 saturated heterocycles. The molecule has 17 heteroatoms. The van der Waals surface area contributed by atoms with Crippen LogP contribution in [0.2, 0.25) is 0 Å². The fourth-order valence-corrected chi connectivity index (χ4v) is 7.27. The van der Waals surface area contributed by atoms with Crippen LogP contribution in [0.4, 0.5) is 0 Å². The van der Waals surface area contributed by atoms with Crippen LogP contribution in [0.5, 0.6) is 0 Å². The van der Waals surface area contributed by atoms with Crippen LogP contribution < -0.4 is 10.2 Å². The fourth-order valence-electron chi connectivity index (χ4n) is 4.95. The molecule has 0 saturated carbocycles. The summed E-state index contributed by atoms with van der Waals surface area (Å²) in [5.41, 5.74) is 1.57. The molecule has 0 aliphatic rings. The molecule has 14 nitrogen and oxygen atoms in total. The average molecular weight is 759 g/mol. The van der Waals surface area contributed by atoms with Crippen molar-refractivity contribution < 1.29 is 60.4 Å². The number of carbonyl (C=O) groups excluding carboxylic acids is 1. The molecular formula is C32H61N2O12P3. The number of phosphoric acid groups is 3. The minimum Gasteiger partial charge on any atom is -0.756 e. The molecule has 1 aromatic carbocycles. The van der Waals surface area contributed by atoms with Crippen molar-refractivity contribution in [1.29, 1.82) is 0 Å². The summed E-state index contributed by atoms with van der Waals surface area (Å²) in [6, 6.07) is 7.23. The molecule has 1 aromatic rings. The van der Waals surface area contributed by atoms with E-state index < -0.39 is 36.0 Å². The molecule has 0 spiro atoms. The van der Waals surface area contributed by atoms with Crippen LogP contribution in [-0.4, -0.2) is 79.1 Å². The number of carbonyl (C=O) groups is 1. The van der Waals surface area contributed by atoms with Gasteiger partial charge < -0.3 is 38.4 Å². The molecular weight excluding hydrogens is 697 g/mol. The van der Waals surface area contributed by atoms with Gasteiger partial charge in [-0.15, -0.1) is 0 Å². The molecule has 2 atom stereocenters. The zero-order valence-electron chi connectivity index (χ0n) is 29.7. The zero-order chi connectivity index (χ0) is 36.7. The van der Waals surface area contributed by atoms with E-state index in [0.717, 1.165) is 37.7 Å². The number of rotatable bonds is 31. The number of quaternary nitrogens is 1. The number of amides is 1. The Balaban J connectivity index is 1.92. The van der Waals surface area contributed by atoms with Crippen LogP contribution >= 0.6 is 23.5 Å². The van der Waals surface area contributed by atoms with Gasteiger partial charge in [0, 0.05) is 12.1 Å². The number of nitrogens with one attached hydrogen (secondary N) is 1. The van der Waals surface area contributed by atoms with Gasteiger partial charge in [-0.25, -0.2) is 9.13 Å². The summed E-state index contributed by atoms with van der Waals surface area (Å²) in [6.45, 7) is 0.314. The maximum absolute atomic E-state index is 12.2. The molecule has 0 aliphatic heterocycles. The third-order valence-corrected chi connectivity index (χ3v) is 10.9. The number of phosphoric ester groups is 2. The first-order valence-corrected chi connectivity index (χ1v) is 22.0. The third kappa shape index (κ3) is 28.3. The number of unbranched alkanes of at least 4 members (excludes halogenated alkanes) is 15. The number of hydrogen-bond acceptors (Lipinski definition) is 9. The summed E-state index contributed by atoms with van der Waals surface area (Å²) in [5.74, 6) is -0.403. The molecule has 0 fully saturated rings. The van der Waals surface area contributed by atoms with Crippen molar-refractivity contribution in [3.05, 3.63) is 35.4 Å². The molecule has 0 heterocycles. The predicted molar refractivity (Wildman–Crippen MR) is 188 cm³/mol. The Morgan fingerprint density at radius 3 is 1.59 bits per heavy atom. The van der Waals surface area contributed by atoms with Gasteiger partial charge in [0.15, 0.2) is 0 Å². The quantitative estimate of drug-likeness (QED) is 0.0358. The van der Waals surface area contributed by atoms with E-state index in [9.17, 15) is 28.3 Å². The monoisotopic (exact) mass is 758 g/mol. The van der Waals surface area contributed by atoms with Crippen LogP contribution in [0.15, 0.2) is 24.3 Å². The van der Waals surface area contributed by atoms with E-state index in [1.807, 2.05) is 33.3 Å². The van der Waals surface area contributed by atoms with Crippen molar-refractivity contribution in [2.24, 2.45) is 0 Å². The Labute approximate surface area is 293 Å². The highest BCUT2D eigenvalue weighted by Gasteiger charge is 2.32. The van der Waals surface area contributed by atoms with Crippen LogP contribution in [0.1, 0.15) is 119 Å². The zero-order valence-corrected chi connectivity index (χ0v) is 32.4. The minimum atomic E-state index is -5.18. The minimum absolute atomic E-state index is 0.135. The van der Waals surface area contributed by atoms with Crippen molar-refractivity contribution in [3.63, 3.8) is 0 Å². The Hall–Kier alpha value is -0.980. The van der Waals surface area contributed by atoms with E-state index in [1.54, 1.807) is 12.1 Å². The molecule has 0 aliphatic carbocycles. The second-order valence-corrected chi connectivity index (χ2v) is 17.6. The lowest BCUT2D eigenvalue weighted by atomic mass is 10.0. The summed E-state index contributed by atoms with van der Waals surface area (Å²) in [7, 11) is -8.36. The van der Waals surface area contributed by atoms with Crippen molar-refractivity contribution in [1.82, 2.24) is 5.32 Å². The van der Waals surface area contributed by atoms with E-state index >= 15 is 0 Å². The fraction of sp³-hybridized carbons (Fsp3) is 0.781. The van der Waals surface area contributed by atoms with Gasteiger partial charge in [-0.1, -0.05) is 102 Å². The number of benzene rings is 1. The summed E-state index contributed by atoms with van der Waals surface area (Å²) in [4.78, 5) is 50.3. The number of aryl methyl sites for hydroxylation is 1. The van der Waals surface area contributed by atoms with Gasteiger partial charge in [0.05, 0.1) is 34.4 Å². The SMILES string of the molecule is C[N+](C)(C)CCOP(=O)([O-])OCCCCCCCCCCCCCCCCCCc1ccc(C(=O)NCCOP(=O)(O)OP(=O)(O)O)cc1. The van der Waals surface area contributed by atoms with E-state index in [1.165, 1.54) is 77.0 Å². The number of hydrogen-bond donors (Lipinski definition) is 4. The predicted octanol–water partition coefficient (Wildman–Crippen LogP) is 6.63. The summed E-state index contributed by atoms with van der Waals surface area (Å²) < 4.78 is 52.4. The normalized spacial score (nSPS) is 14.8. The van der Waals surface area contributed by atoms with Gasteiger partial charge in [-0.2, -0.15) is 4.31 Å². The average Bonchev–Trinajstić information content (AvgIpc) is 2.98. The van der Waals surface area contributed by atoms with Gasteiger partial charge in [-0.05, 0) is 37.0 Å². The molecule has 1 rings (SSSR count). The molecule has 4 N–H and O–H groups in total.